The molecule has 0 aromatic heterocycles. The van der Waals surface area contributed by atoms with Crippen molar-refractivity contribution in [3.63, 3.8) is 0 Å². The van der Waals surface area contributed by atoms with E-state index in [-0.39, 0.29) is 30.7 Å². The number of benzene rings is 1. The van der Waals surface area contributed by atoms with Crippen LogP contribution in [0, 0.1) is 0 Å². The number of halogens is 2. The van der Waals surface area contributed by atoms with E-state index < -0.39 is 0 Å². The average molecular weight is 306 g/mol. The van der Waals surface area contributed by atoms with Gasteiger partial charge >= 0.3 is 0 Å². The summed E-state index contributed by atoms with van der Waals surface area (Å²) in [7, 11) is 0. The topological polar surface area (TPSA) is 58.4 Å². The zero-order valence-electron chi connectivity index (χ0n) is 10.8. The van der Waals surface area contributed by atoms with Gasteiger partial charge in [-0.3, -0.25) is 4.79 Å². The van der Waals surface area contributed by atoms with E-state index in [1.807, 2.05) is 0 Å². The predicted molar refractivity (Wildman–Crippen MR) is 83.4 cm³/mol. The van der Waals surface area contributed by atoms with Crippen LogP contribution in [-0.2, 0) is 0 Å². The lowest BCUT2D eigenvalue weighted by Gasteiger charge is -2.14. The SMILES string of the molecule is Cl.Cl.Nc1cccc(C(=O)NCCN2CCCC2)c1. The number of carbonyl (C=O) groups is 1. The number of anilines is 1. The number of rotatable bonds is 4. The van der Waals surface area contributed by atoms with Gasteiger partial charge in [-0.1, -0.05) is 6.07 Å². The normalized spacial score (nSPS) is 14.3. The van der Waals surface area contributed by atoms with E-state index in [0.717, 1.165) is 19.6 Å². The zero-order chi connectivity index (χ0) is 12.1. The van der Waals surface area contributed by atoms with E-state index in [1.165, 1.54) is 12.8 Å². The van der Waals surface area contributed by atoms with Gasteiger partial charge in [-0.25, -0.2) is 0 Å². The molecule has 1 aromatic rings. The summed E-state index contributed by atoms with van der Waals surface area (Å²) in [6, 6.07) is 7.05. The Hall–Kier alpha value is -0.970. The molecule has 1 aromatic carbocycles. The molecule has 0 atom stereocenters. The first kappa shape index (κ1) is 18.0. The van der Waals surface area contributed by atoms with Crippen molar-refractivity contribution in [3.8, 4) is 0 Å². The molecule has 0 spiro atoms. The van der Waals surface area contributed by atoms with Gasteiger partial charge in [-0.05, 0) is 44.1 Å². The summed E-state index contributed by atoms with van der Waals surface area (Å²) >= 11 is 0. The van der Waals surface area contributed by atoms with Crippen molar-refractivity contribution in [1.82, 2.24) is 10.2 Å². The van der Waals surface area contributed by atoms with Crippen LogP contribution in [0.15, 0.2) is 24.3 Å². The number of hydrogen-bond acceptors (Lipinski definition) is 3. The first-order valence-electron chi connectivity index (χ1n) is 6.12. The second-order valence-corrected chi connectivity index (χ2v) is 4.43. The molecular formula is C13H21Cl2N3O. The van der Waals surface area contributed by atoms with Crippen LogP contribution in [-0.4, -0.2) is 37.0 Å². The Kier molecular flexibility index (Phi) is 8.56. The standard InChI is InChI=1S/C13H19N3O.2ClH/c14-12-5-3-4-11(10-12)13(17)15-6-9-16-7-1-2-8-16;;/h3-5,10H,1-2,6-9,14H2,(H,15,17);2*1H. The van der Waals surface area contributed by atoms with Crippen LogP contribution < -0.4 is 11.1 Å². The molecule has 2 rings (SSSR count). The molecule has 0 aliphatic carbocycles. The third-order valence-corrected chi connectivity index (χ3v) is 3.06. The second kappa shape index (κ2) is 9.02. The largest absolute Gasteiger partial charge is 0.399 e. The molecule has 0 unspecified atom stereocenters. The maximum absolute atomic E-state index is 11.8. The van der Waals surface area contributed by atoms with E-state index in [1.54, 1.807) is 24.3 Å². The monoisotopic (exact) mass is 305 g/mol. The fraction of sp³-hybridized carbons (Fsp3) is 0.462. The Balaban J connectivity index is 0.00000162. The van der Waals surface area contributed by atoms with Gasteiger partial charge in [-0.15, -0.1) is 24.8 Å². The fourth-order valence-electron chi connectivity index (χ4n) is 2.12. The lowest BCUT2D eigenvalue weighted by Crippen LogP contribution is -2.33. The number of hydrogen-bond donors (Lipinski definition) is 2. The highest BCUT2D eigenvalue weighted by Gasteiger charge is 2.11. The van der Waals surface area contributed by atoms with Gasteiger partial charge in [0.2, 0.25) is 0 Å². The highest BCUT2D eigenvalue weighted by molar-refractivity contribution is 5.94. The van der Waals surface area contributed by atoms with Crippen molar-refractivity contribution in [1.29, 1.82) is 0 Å². The molecule has 1 saturated heterocycles. The molecule has 1 aliphatic rings. The Morgan fingerprint density at radius 2 is 1.95 bits per heavy atom. The molecule has 1 amide bonds. The minimum atomic E-state index is -0.0449. The van der Waals surface area contributed by atoms with E-state index >= 15 is 0 Å². The van der Waals surface area contributed by atoms with Gasteiger partial charge in [-0.2, -0.15) is 0 Å². The maximum atomic E-state index is 11.8. The van der Waals surface area contributed by atoms with E-state index in [2.05, 4.69) is 10.2 Å². The summed E-state index contributed by atoms with van der Waals surface area (Å²) in [5, 5.41) is 2.92. The lowest BCUT2D eigenvalue weighted by molar-refractivity contribution is 0.0950. The molecule has 0 radical (unpaired) electrons. The zero-order valence-corrected chi connectivity index (χ0v) is 12.4. The Morgan fingerprint density at radius 1 is 1.26 bits per heavy atom. The summed E-state index contributed by atoms with van der Waals surface area (Å²) < 4.78 is 0. The number of amides is 1. The van der Waals surface area contributed by atoms with Crippen LogP contribution in [0.25, 0.3) is 0 Å². The van der Waals surface area contributed by atoms with Crippen molar-refractivity contribution in [2.45, 2.75) is 12.8 Å². The molecular weight excluding hydrogens is 285 g/mol. The number of nitrogen functional groups attached to an aromatic ring is 1. The molecule has 0 saturated carbocycles. The number of nitrogens with one attached hydrogen (secondary N) is 1. The van der Waals surface area contributed by atoms with E-state index in [0.29, 0.717) is 17.8 Å². The van der Waals surface area contributed by atoms with Gasteiger partial charge in [0.1, 0.15) is 0 Å². The number of nitrogens with two attached hydrogens (primary N) is 1. The third kappa shape index (κ3) is 5.68. The first-order chi connectivity index (χ1) is 8.25. The van der Waals surface area contributed by atoms with E-state index in [4.69, 9.17) is 5.73 Å². The van der Waals surface area contributed by atoms with Crippen LogP contribution >= 0.6 is 24.8 Å². The Morgan fingerprint density at radius 3 is 2.58 bits per heavy atom. The van der Waals surface area contributed by atoms with Crippen LogP contribution in [0.3, 0.4) is 0 Å². The minimum absolute atomic E-state index is 0. The van der Waals surface area contributed by atoms with Gasteiger partial charge in [0.15, 0.2) is 0 Å². The summed E-state index contributed by atoms with van der Waals surface area (Å²) in [4.78, 5) is 14.2. The van der Waals surface area contributed by atoms with E-state index in [9.17, 15) is 4.79 Å². The van der Waals surface area contributed by atoms with Gasteiger partial charge in [0.05, 0.1) is 0 Å². The molecule has 1 fully saturated rings. The predicted octanol–water partition coefficient (Wildman–Crippen LogP) is 1.94. The van der Waals surface area contributed by atoms with Crippen LogP contribution in [0.1, 0.15) is 23.2 Å². The van der Waals surface area contributed by atoms with Crippen LogP contribution in [0.2, 0.25) is 0 Å². The molecule has 1 heterocycles. The lowest BCUT2D eigenvalue weighted by atomic mass is 10.2. The summed E-state index contributed by atoms with van der Waals surface area (Å²) in [5.41, 5.74) is 6.89. The minimum Gasteiger partial charge on any atom is -0.399 e. The van der Waals surface area contributed by atoms with Crippen molar-refractivity contribution in [2.24, 2.45) is 0 Å². The van der Waals surface area contributed by atoms with Crippen molar-refractivity contribution >= 4 is 36.4 Å². The van der Waals surface area contributed by atoms with Gasteiger partial charge in [0, 0.05) is 24.3 Å². The molecule has 19 heavy (non-hydrogen) atoms. The summed E-state index contributed by atoms with van der Waals surface area (Å²) in [6.07, 6.45) is 2.56. The number of nitrogens with zero attached hydrogens (tertiary/aromatic N) is 1. The number of carbonyl (C=O) groups excluding carboxylic acids is 1. The summed E-state index contributed by atoms with van der Waals surface area (Å²) in [5.74, 6) is -0.0449. The maximum Gasteiger partial charge on any atom is 0.251 e. The molecule has 1 aliphatic heterocycles. The van der Waals surface area contributed by atoms with Crippen molar-refractivity contribution < 1.29 is 4.79 Å². The second-order valence-electron chi connectivity index (χ2n) is 4.43. The average Bonchev–Trinajstić information content (AvgIpc) is 2.82. The highest BCUT2D eigenvalue weighted by Crippen LogP contribution is 2.07. The van der Waals surface area contributed by atoms with Crippen molar-refractivity contribution in [2.75, 3.05) is 31.9 Å². The first-order valence-corrected chi connectivity index (χ1v) is 6.12. The van der Waals surface area contributed by atoms with Crippen molar-refractivity contribution in [3.05, 3.63) is 29.8 Å². The highest BCUT2D eigenvalue weighted by atomic mass is 35.5. The molecule has 6 heteroatoms. The van der Waals surface area contributed by atoms with Gasteiger partial charge < -0.3 is 16.0 Å². The summed E-state index contributed by atoms with van der Waals surface area (Å²) in [6.45, 7) is 3.96. The van der Waals surface area contributed by atoms with Crippen LogP contribution in [0.5, 0.6) is 0 Å². The molecule has 0 bridgehead atoms. The Bertz CT molecular complexity index is 395. The Labute approximate surface area is 126 Å². The molecule has 4 nitrogen and oxygen atoms in total. The third-order valence-electron chi connectivity index (χ3n) is 3.06. The van der Waals surface area contributed by atoms with Crippen LogP contribution in [0.4, 0.5) is 5.69 Å². The smallest absolute Gasteiger partial charge is 0.251 e. The quantitative estimate of drug-likeness (QED) is 0.836. The fourth-order valence-corrected chi connectivity index (χ4v) is 2.12. The van der Waals surface area contributed by atoms with Gasteiger partial charge in [0.25, 0.3) is 5.91 Å². The molecule has 108 valence electrons. The molecule has 3 N–H and O–H groups in total. The number of likely N-dealkylation sites (tertiary alicyclic amines) is 1.